The van der Waals surface area contributed by atoms with E-state index in [9.17, 15) is 5.11 Å². The topological polar surface area (TPSA) is 49.5 Å². The molecule has 2 heterocycles. The number of likely N-dealkylation sites (tertiary alicyclic amines) is 1. The Morgan fingerprint density at radius 2 is 2.24 bits per heavy atom. The van der Waals surface area contributed by atoms with Gasteiger partial charge in [0.05, 0.1) is 11.1 Å². The fourth-order valence-corrected chi connectivity index (χ4v) is 3.95. The van der Waals surface area contributed by atoms with E-state index in [4.69, 9.17) is 16.0 Å². The summed E-state index contributed by atoms with van der Waals surface area (Å²) >= 11 is 9.98. The molecular formula is C19H18BrClN2O2. The molecule has 2 aromatic carbocycles. The first-order valence-electron chi connectivity index (χ1n) is 8.26. The Morgan fingerprint density at radius 3 is 3.00 bits per heavy atom. The first-order chi connectivity index (χ1) is 12.0. The van der Waals surface area contributed by atoms with Crippen LogP contribution in [0.4, 0.5) is 0 Å². The van der Waals surface area contributed by atoms with Crippen LogP contribution in [0.15, 0.2) is 39.2 Å². The monoisotopic (exact) mass is 420 g/mol. The quantitative estimate of drug-likeness (QED) is 0.661. The third kappa shape index (κ3) is 3.34. The summed E-state index contributed by atoms with van der Waals surface area (Å²) in [5.41, 5.74) is 4.48. The number of oxazole rings is 1. The van der Waals surface area contributed by atoms with Crippen LogP contribution in [0.1, 0.15) is 17.5 Å². The number of aliphatic hydroxyl groups excluding tert-OH is 1. The van der Waals surface area contributed by atoms with Gasteiger partial charge in [0, 0.05) is 29.7 Å². The largest absolute Gasteiger partial charge is 0.434 e. The highest BCUT2D eigenvalue weighted by atomic mass is 79.9. The van der Waals surface area contributed by atoms with Crippen molar-refractivity contribution in [2.24, 2.45) is 0 Å². The van der Waals surface area contributed by atoms with Crippen LogP contribution in [0, 0.1) is 6.92 Å². The summed E-state index contributed by atoms with van der Waals surface area (Å²) in [5.74, 6) is 0.574. The minimum Gasteiger partial charge on any atom is -0.434 e. The average Bonchev–Trinajstić information content (AvgIpc) is 3.16. The van der Waals surface area contributed by atoms with E-state index >= 15 is 0 Å². The molecule has 25 heavy (non-hydrogen) atoms. The molecule has 0 radical (unpaired) electrons. The van der Waals surface area contributed by atoms with Gasteiger partial charge in [-0.25, -0.2) is 4.98 Å². The molecule has 0 unspecified atom stereocenters. The van der Waals surface area contributed by atoms with Crippen molar-refractivity contribution in [1.82, 2.24) is 9.88 Å². The average molecular weight is 422 g/mol. The molecule has 3 aromatic rings. The van der Waals surface area contributed by atoms with Crippen LogP contribution in [0.3, 0.4) is 0 Å². The highest BCUT2D eigenvalue weighted by Gasteiger charge is 2.21. The SMILES string of the molecule is Cc1c(Br)cccc1-c1nc2cc(CN3CC[C@@H](O)C3)cc(Cl)c2o1. The minimum atomic E-state index is -0.225. The predicted octanol–water partition coefficient (Wildman–Crippen LogP) is 4.79. The lowest BCUT2D eigenvalue weighted by Gasteiger charge is -2.14. The van der Waals surface area contributed by atoms with Crippen molar-refractivity contribution in [3.05, 3.63) is 51.0 Å². The van der Waals surface area contributed by atoms with E-state index in [1.54, 1.807) is 0 Å². The Hall–Kier alpha value is -1.40. The molecule has 1 atom stereocenters. The third-order valence-electron chi connectivity index (χ3n) is 4.66. The zero-order chi connectivity index (χ0) is 17.6. The second-order valence-corrected chi connectivity index (χ2v) is 7.80. The lowest BCUT2D eigenvalue weighted by Crippen LogP contribution is -2.21. The van der Waals surface area contributed by atoms with E-state index in [2.05, 4.69) is 25.8 Å². The molecule has 0 bridgehead atoms. The Morgan fingerprint density at radius 1 is 1.40 bits per heavy atom. The first-order valence-corrected chi connectivity index (χ1v) is 9.43. The molecule has 130 valence electrons. The first kappa shape index (κ1) is 17.0. The predicted molar refractivity (Wildman–Crippen MR) is 103 cm³/mol. The number of β-amino-alcohol motifs (C(OH)–C–C–N with tert-alkyl or cyclic N) is 1. The lowest BCUT2D eigenvalue weighted by molar-refractivity contribution is 0.175. The molecule has 1 N–H and O–H groups in total. The van der Waals surface area contributed by atoms with Gasteiger partial charge in [0.15, 0.2) is 5.58 Å². The van der Waals surface area contributed by atoms with Crippen LogP contribution >= 0.6 is 27.5 Å². The van der Waals surface area contributed by atoms with Gasteiger partial charge in [0.2, 0.25) is 5.89 Å². The molecule has 1 aliphatic rings. The second kappa shape index (κ2) is 6.72. The number of hydrogen-bond donors (Lipinski definition) is 1. The molecule has 4 nitrogen and oxygen atoms in total. The third-order valence-corrected chi connectivity index (χ3v) is 5.80. The van der Waals surface area contributed by atoms with E-state index in [1.165, 1.54) is 0 Å². The zero-order valence-corrected chi connectivity index (χ0v) is 16.1. The molecule has 1 fully saturated rings. The number of halogens is 2. The van der Waals surface area contributed by atoms with E-state index in [0.717, 1.165) is 46.2 Å². The maximum atomic E-state index is 9.68. The molecule has 1 aliphatic heterocycles. The van der Waals surface area contributed by atoms with Crippen LogP contribution in [-0.4, -0.2) is 34.2 Å². The highest BCUT2D eigenvalue weighted by Crippen LogP contribution is 2.34. The minimum absolute atomic E-state index is 0.225. The zero-order valence-electron chi connectivity index (χ0n) is 13.8. The van der Waals surface area contributed by atoms with Gasteiger partial charge >= 0.3 is 0 Å². The molecule has 4 rings (SSSR count). The number of fused-ring (bicyclic) bond motifs is 1. The number of aromatic nitrogens is 1. The molecule has 0 saturated carbocycles. The van der Waals surface area contributed by atoms with Crippen LogP contribution in [0.25, 0.3) is 22.6 Å². The molecule has 0 spiro atoms. The van der Waals surface area contributed by atoms with Gasteiger partial charge in [-0.05, 0) is 48.7 Å². The molecule has 6 heteroatoms. The summed E-state index contributed by atoms with van der Waals surface area (Å²) in [6, 6.07) is 9.90. The van der Waals surface area contributed by atoms with Crippen LogP contribution in [0.5, 0.6) is 0 Å². The fraction of sp³-hybridized carbons (Fsp3) is 0.316. The normalized spacial score (nSPS) is 18.3. The van der Waals surface area contributed by atoms with E-state index < -0.39 is 0 Å². The van der Waals surface area contributed by atoms with Crippen molar-refractivity contribution in [3.63, 3.8) is 0 Å². The summed E-state index contributed by atoms with van der Waals surface area (Å²) in [6.07, 6.45) is 0.601. The molecule has 1 aromatic heterocycles. The second-order valence-electron chi connectivity index (χ2n) is 6.53. The van der Waals surface area contributed by atoms with Crippen molar-refractivity contribution in [1.29, 1.82) is 0 Å². The number of nitrogens with zero attached hydrogens (tertiary/aromatic N) is 2. The van der Waals surface area contributed by atoms with Crippen LogP contribution in [0.2, 0.25) is 5.02 Å². The maximum Gasteiger partial charge on any atom is 0.227 e. The van der Waals surface area contributed by atoms with Gasteiger partial charge in [-0.3, -0.25) is 4.90 Å². The Bertz CT molecular complexity index is 941. The summed E-state index contributed by atoms with van der Waals surface area (Å²) in [6.45, 7) is 4.39. The Balaban J connectivity index is 1.71. The van der Waals surface area contributed by atoms with Gasteiger partial charge in [-0.15, -0.1) is 0 Å². The number of aliphatic hydroxyl groups is 1. The fourth-order valence-electron chi connectivity index (χ4n) is 3.31. The molecule has 0 aliphatic carbocycles. The van der Waals surface area contributed by atoms with Gasteiger partial charge in [-0.2, -0.15) is 0 Å². The van der Waals surface area contributed by atoms with E-state index in [-0.39, 0.29) is 6.10 Å². The van der Waals surface area contributed by atoms with Crippen molar-refractivity contribution in [3.8, 4) is 11.5 Å². The molecular weight excluding hydrogens is 404 g/mol. The van der Waals surface area contributed by atoms with E-state index in [0.29, 0.717) is 23.0 Å². The smallest absolute Gasteiger partial charge is 0.227 e. The Kier molecular flexibility index (Phi) is 4.58. The summed E-state index contributed by atoms with van der Waals surface area (Å²) < 4.78 is 6.97. The van der Waals surface area contributed by atoms with Gasteiger partial charge in [0.25, 0.3) is 0 Å². The maximum absolute atomic E-state index is 9.68. The highest BCUT2D eigenvalue weighted by molar-refractivity contribution is 9.10. The van der Waals surface area contributed by atoms with Crippen LogP contribution < -0.4 is 0 Å². The Labute approximate surface area is 159 Å². The van der Waals surface area contributed by atoms with Crippen molar-refractivity contribution >= 4 is 38.6 Å². The number of hydrogen-bond acceptors (Lipinski definition) is 4. The van der Waals surface area contributed by atoms with E-state index in [1.807, 2.05) is 37.3 Å². The standard InChI is InChI=1S/C19H18BrClN2O2/c1-11-14(3-2-4-15(11)20)19-22-17-8-12(7-16(21)18(17)25-19)9-23-6-5-13(24)10-23/h2-4,7-8,13,24H,5-6,9-10H2,1H3/t13-/m1/s1. The number of rotatable bonds is 3. The lowest BCUT2D eigenvalue weighted by atomic mass is 10.1. The van der Waals surface area contributed by atoms with Crippen molar-refractivity contribution < 1.29 is 9.52 Å². The summed E-state index contributed by atoms with van der Waals surface area (Å²) in [7, 11) is 0. The summed E-state index contributed by atoms with van der Waals surface area (Å²) in [5, 5.41) is 10.3. The van der Waals surface area contributed by atoms with Gasteiger partial charge in [-0.1, -0.05) is 33.6 Å². The van der Waals surface area contributed by atoms with Crippen LogP contribution in [-0.2, 0) is 6.54 Å². The molecule has 1 saturated heterocycles. The van der Waals surface area contributed by atoms with Gasteiger partial charge in [0.1, 0.15) is 5.52 Å². The summed E-state index contributed by atoms with van der Waals surface area (Å²) in [4.78, 5) is 6.88. The number of benzene rings is 2. The van der Waals surface area contributed by atoms with Crippen molar-refractivity contribution in [2.45, 2.75) is 26.0 Å². The van der Waals surface area contributed by atoms with Crippen molar-refractivity contribution in [2.75, 3.05) is 13.1 Å². The molecule has 0 amide bonds. The van der Waals surface area contributed by atoms with Gasteiger partial charge < -0.3 is 9.52 Å².